The fourth-order valence-corrected chi connectivity index (χ4v) is 3.16. The molecule has 1 heterocycles. The molecule has 4 N–H and O–H groups in total. The fourth-order valence-electron chi connectivity index (χ4n) is 3.16. The predicted molar refractivity (Wildman–Crippen MR) is 106 cm³/mol. The van der Waals surface area contributed by atoms with E-state index in [9.17, 15) is 9.59 Å². The second kappa shape index (κ2) is 8.68. The van der Waals surface area contributed by atoms with Gasteiger partial charge < -0.3 is 15.7 Å². The third kappa shape index (κ3) is 4.65. The summed E-state index contributed by atoms with van der Waals surface area (Å²) >= 11 is 0. The molecule has 1 amide bonds. The summed E-state index contributed by atoms with van der Waals surface area (Å²) in [5.74, 6) is -1.16. The number of hydrogen-bond donors (Lipinski definition) is 3. The number of carboxylic acid groups (broad SMARTS) is 1. The van der Waals surface area contributed by atoms with Crippen LogP contribution in [0, 0.1) is 11.3 Å². The first-order valence-electron chi connectivity index (χ1n) is 8.52. The fraction of sp³-hybridized carbons (Fsp3) is 0.250. The monoisotopic (exact) mass is 387 g/mol. The van der Waals surface area contributed by atoms with Crippen LogP contribution in [-0.2, 0) is 4.79 Å². The van der Waals surface area contributed by atoms with E-state index >= 15 is 0 Å². The van der Waals surface area contributed by atoms with E-state index in [0.717, 1.165) is 11.1 Å². The summed E-state index contributed by atoms with van der Waals surface area (Å²) in [5, 5.41) is 16.5. The number of carboxylic acids is 1. The minimum Gasteiger partial charge on any atom is -0.481 e. The van der Waals surface area contributed by atoms with Gasteiger partial charge in [0.1, 0.15) is 5.84 Å². The molecule has 1 fully saturated rings. The third-order valence-corrected chi connectivity index (χ3v) is 4.79. The summed E-state index contributed by atoms with van der Waals surface area (Å²) in [6.07, 6.45) is 1.00. The number of nitrogens with two attached hydrogens (primary N) is 1. The summed E-state index contributed by atoms with van der Waals surface area (Å²) in [6, 6.07) is 14.7. The second-order valence-corrected chi connectivity index (χ2v) is 6.47. The Balaban J connectivity index is 0.00000261. The molecule has 6 nitrogen and oxygen atoms in total. The van der Waals surface area contributed by atoms with Crippen molar-refractivity contribution in [3.05, 3.63) is 59.7 Å². The number of carbonyl (C=O) groups is 2. The largest absolute Gasteiger partial charge is 0.481 e. The van der Waals surface area contributed by atoms with Gasteiger partial charge in [0.25, 0.3) is 5.91 Å². The number of amides is 1. The van der Waals surface area contributed by atoms with Crippen LogP contribution in [0.1, 0.15) is 28.8 Å². The van der Waals surface area contributed by atoms with Crippen LogP contribution in [0.5, 0.6) is 0 Å². The topological polar surface area (TPSA) is 107 Å². The van der Waals surface area contributed by atoms with Crippen molar-refractivity contribution in [3.63, 3.8) is 0 Å². The summed E-state index contributed by atoms with van der Waals surface area (Å²) < 4.78 is 0. The smallest absolute Gasteiger partial charge is 0.306 e. The van der Waals surface area contributed by atoms with Crippen LogP contribution in [0.3, 0.4) is 0 Å². The molecule has 1 aliphatic rings. The van der Waals surface area contributed by atoms with Crippen molar-refractivity contribution in [2.24, 2.45) is 11.7 Å². The molecule has 0 aromatic heterocycles. The molecule has 3 rings (SSSR count). The summed E-state index contributed by atoms with van der Waals surface area (Å²) in [4.78, 5) is 25.3. The molecule has 0 spiro atoms. The average molecular weight is 388 g/mol. The first kappa shape index (κ1) is 20.5. The highest BCUT2D eigenvalue weighted by atomic mass is 35.5. The Kier molecular flexibility index (Phi) is 6.58. The van der Waals surface area contributed by atoms with Crippen LogP contribution in [0.4, 0.5) is 0 Å². The van der Waals surface area contributed by atoms with Crippen molar-refractivity contribution in [2.75, 3.05) is 13.1 Å². The van der Waals surface area contributed by atoms with E-state index in [4.69, 9.17) is 16.2 Å². The van der Waals surface area contributed by atoms with Crippen LogP contribution in [0.15, 0.2) is 48.5 Å². The standard InChI is InChI=1S/C20H21N3O3.ClH/c21-18(22)15-5-1-13(2-6-15)14-3-7-16(8-4-14)19(24)23-11-9-17(10-12-23)20(25)26;/h1-8,17H,9-12H2,(H3,21,22)(H,25,26);1H. The Hall–Kier alpha value is -2.86. The number of likely N-dealkylation sites (tertiary alicyclic amines) is 1. The van der Waals surface area contributed by atoms with Gasteiger partial charge in [-0.05, 0) is 36.1 Å². The van der Waals surface area contributed by atoms with Crippen molar-refractivity contribution < 1.29 is 14.7 Å². The number of piperidine rings is 1. The Morgan fingerprint density at radius 3 is 1.78 bits per heavy atom. The summed E-state index contributed by atoms with van der Waals surface area (Å²) in [7, 11) is 0. The zero-order valence-corrected chi connectivity index (χ0v) is 15.5. The first-order valence-corrected chi connectivity index (χ1v) is 8.52. The SMILES string of the molecule is Cl.N=C(N)c1ccc(-c2ccc(C(=O)N3CCC(C(=O)O)CC3)cc2)cc1. The van der Waals surface area contributed by atoms with Gasteiger partial charge in [0.2, 0.25) is 0 Å². The highest BCUT2D eigenvalue weighted by Crippen LogP contribution is 2.23. The van der Waals surface area contributed by atoms with Gasteiger partial charge in [0.05, 0.1) is 5.92 Å². The van der Waals surface area contributed by atoms with Gasteiger partial charge in [-0.1, -0.05) is 36.4 Å². The molecule has 0 aliphatic carbocycles. The van der Waals surface area contributed by atoms with Crippen molar-refractivity contribution in [1.82, 2.24) is 4.90 Å². The van der Waals surface area contributed by atoms with E-state index in [1.165, 1.54) is 0 Å². The van der Waals surface area contributed by atoms with Crippen molar-refractivity contribution in [1.29, 1.82) is 5.41 Å². The lowest BCUT2D eigenvalue weighted by Gasteiger charge is -2.30. The van der Waals surface area contributed by atoms with Crippen LogP contribution in [0.25, 0.3) is 11.1 Å². The number of nitrogens with zero attached hydrogens (tertiary/aromatic N) is 1. The average Bonchev–Trinajstić information content (AvgIpc) is 2.67. The zero-order valence-electron chi connectivity index (χ0n) is 14.7. The predicted octanol–water partition coefficient (Wildman–Crippen LogP) is 3.00. The number of halogens is 1. The molecule has 0 atom stereocenters. The Morgan fingerprint density at radius 1 is 0.926 bits per heavy atom. The van der Waals surface area contributed by atoms with Crippen molar-refractivity contribution in [2.45, 2.75) is 12.8 Å². The van der Waals surface area contributed by atoms with Gasteiger partial charge in [0, 0.05) is 24.2 Å². The number of hydrogen-bond acceptors (Lipinski definition) is 3. The molecular weight excluding hydrogens is 366 g/mol. The van der Waals surface area contributed by atoms with Crippen LogP contribution in [-0.4, -0.2) is 40.8 Å². The van der Waals surface area contributed by atoms with Crippen LogP contribution in [0.2, 0.25) is 0 Å². The number of aliphatic carboxylic acids is 1. The summed E-state index contributed by atoms with van der Waals surface area (Å²) in [6.45, 7) is 0.952. The lowest BCUT2D eigenvalue weighted by molar-refractivity contribution is -0.143. The van der Waals surface area contributed by atoms with E-state index in [1.54, 1.807) is 29.2 Å². The second-order valence-electron chi connectivity index (χ2n) is 6.47. The Morgan fingerprint density at radius 2 is 1.37 bits per heavy atom. The molecule has 0 unspecified atom stereocenters. The minimum atomic E-state index is -0.780. The number of carbonyl (C=O) groups excluding carboxylic acids is 1. The minimum absolute atomic E-state index is 0. The van der Waals surface area contributed by atoms with Crippen molar-refractivity contribution in [3.8, 4) is 11.1 Å². The van der Waals surface area contributed by atoms with Gasteiger partial charge in [-0.25, -0.2) is 0 Å². The lowest BCUT2D eigenvalue weighted by atomic mass is 9.96. The Bertz CT molecular complexity index is 827. The number of amidine groups is 1. The molecule has 27 heavy (non-hydrogen) atoms. The van der Waals surface area contributed by atoms with Crippen molar-refractivity contribution >= 4 is 30.1 Å². The maximum atomic E-state index is 12.6. The number of nitrogen functional groups attached to an aromatic ring is 1. The molecule has 7 heteroatoms. The number of rotatable bonds is 4. The van der Waals surface area contributed by atoms with E-state index in [1.807, 2.05) is 24.3 Å². The maximum absolute atomic E-state index is 12.6. The molecule has 0 bridgehead atoms. The molecular formula is C20H22ClN3O3. The quantitative estimate of drug-likeness (QED) is 0.553. The molecule has 142 valence electrons. The highest BCUT2D eigenvalue weighted by molar-refractivity contribution is 5.96. The molecule has 0 saturated carbocycles. The van der Waals surface area contributed by atoms with Crippen LogP contribution < -0.4 is 5.73 Å². The zero-order chi connectivity index (χ0) is 18.7. The molecule has 2 aromatic rings. The van der Waals surface area contributed by atoms with Crippen LogP contribution >= 0.6 is 12.4 Å². The summed E-state index contributed by atoms with van der Waals surface area (Å²) in [5.41, 5.74) is 8.69. The third-order valence-electron chi connectivity index (χ3n) is 4.79. The number of benzene rings is 2. The van der Waals surface area contributed by atoms with Gasteiger partial charge in [0.15, 0.2) is 0 Å². The Labute approximate surface area is 163 Å². The highest BCUT2D eigenvalue weighted by Gasteiger charge is 2.27. The van der Waals surface area contributed by atoms with E-state index < -0.39 is 5.97 Å². The molecule has 2 aromatic carbocycles. The van der Waals surface area contributed by atoms with E-state index in [2.05, 4.69) is 0 Å². The van der Waals surface area contributed by atoms with Gasteiger partial charge in [-0.3, -0.25) is 15.0 Å². The van der Waals surface area contributed by atoms with E-state index in [-0.39, 0.29) is 30.1 Å². The molecule has 1 saturated heterocycles. The molecule has 0 radical (unpaired) electrons. The molecule has 1 aliphatic heterocycles. The van der Waals surface area contributed by atoms with Gasteiger partial charge in [-0.15, -0.1) is 12.4 Å². The van der Waals surface area contributed by atoms with Gasteiger partial charge >= 0.3 is 5.97 Å². The first-order chi connectivity index (χ1) is 12.5. The normalized spacial score (nSPS) is 14.3. The number of nitrogens with one attached hydrogen (secondary N) is 1. The van der Waals surface area contributed by atoms with Gasteiger partial charge in [-0.2, -0.15) is 0 Å². The van der Waals surface area contributed by atoms with E-state index in [0.29, 0.717) is 37.1 Å². The lowest BCUT2D eigenvalue weighted by Crippen LogP contribution is -2.40. The maximum Gasteiger partial charge on any atom is 0.306 e.